The summed E-state index contributed by atoms with van der Waals surface area (Å²) in [6, 6.07) is 19.7. The summed E-state index contributed by atoms with van der Waals surface area (Å²) in [7, 11) is 0. The number of nitrogens with one attached hydrogen (secondary N) is 2. The van der Waals surface area contributed by atoms with Gasteiger partial charge in [0.1, 0.15) is 11.6 Å². The Morgan fingerprint density at radius 3 is 2.75 bits per heavy atom. The molecule has 1 heterocycles. The number of hydrogen-bond donors (Lipinski definition) is 2. The van der Waals surface area contributed by atoms with E-state index in [4.69, 9.17) is 0 Å². The highest BCUT2D eigenvalue weighted by atomic mass is 19.1. The number of aryl methyl sites for hydroxylation is 3. The van der Waals surface area contributed by atoms with E-state index in [2.05, 4.69) is 34.3 Å². The summed E-state index contributed by atoms with van der Waals surface area (Å²) < 4.78 is 13.8. The van der Waals surface area contributed by atoms with Gasteiger partial charge in [-0.1, -0.05) is 30.3 Å². The molecule has 0 aliphatic heterocycles. The number of aromatic amines is 1. The van der Waals surface area contributed by atoms with Crippen molar-refractivity contribution >= 4 is 22.6 Å². The van der Waals surface area contributed by atoms with Crippen LogP contribution >= 0.6 is 0 Å². The quantitative estimate of drug-likeness (QED) is 0.514. The lowest BCUT2D eigenvalue weighted by molar-refractivity contribution is 0.102. The molecule has 0 atom stereocenters. The average Bonchev–Trinajstić information content (AvgIpc) is 3.09. The molecule has 140 valence electrons. The zero-order valence-corrected chi connectivity index (χ0v) is 15.5. The fourth-order valence-electron chi connectivity index (χ4n) is 3.21. The second-order valence-electron chi connectivity index (χ2n) is 6.84. The van der Waals surface area contributed by atoms with Crippen LogP contribution in [0.15, 0.2) is 66.7 Å². The summed E-state index contributed by atoms with van der Waals surface area (Å²) in [6.45, 7) is 2.06. The summed E-state index contributed by atoms with van der Waals surface area (Å²) in [5, 5.41) is 2.76. The van der Waals surface area contributed by atoms with Crippen LogP contribution in [0.4, 0.5) is 10.1 Å². The number of rotatable bonds is 5. The second kappa shape index (κ2) is 7.64. The molecule has 0 saturated carbocycles. The van der Waals surface area contributed by atoms with Gasteiger partial charge < -0.3 is 10.3 Å². The standard InChI is InChI=1S/C23H20FN3O/c1-15-9-11-20-21(13-15)27-22(26-20)12-10-16-5-4-6-17(14-16)25-23(28)18-7-2-3-8-19(18)24/h2-9,11,13-14H,10,12H2,1H3,(H,25,28)(H,26,27). The van der Waals surface area contributed by atoms with Crippen LogP contribution in [0.25, 0.3) is 11.0 Å². The van der Waals surface area contributed by atoms with Crippen molar-refractivity contribution in [2.45, 2.75) is 19.8 Å². The summed E-state index contributed by atoms with van der Waals surface area (Å²) in [5.41, 5.74) is 4.95. The first kappa shape index (κ1) is 17.9. The van der Waals surface area contributed by atoms with Gasteiger partial charge in [0.15, 0.2) is 0 Å². The maximum atomic E-state index is 13.8. The molecule has 28 heavy (non-hydrogen) atoms. The van der Waals surface area contributed by atoms with Crippen molar-refractivity contribution in [2.75, 3.05) is 5.32 Å². The molecule has 0 radical (unpaired) electrons. The Kier molecular flexibility index (Phi) is 4.89. The molecular weight excluding hydrogens is 353 g/mol. The van der Waals surface area contributed by atoms with Gasteiger partial charge in [-0.2, -0.15) is 0 Å². The number of carbonyl (C=O) groups excluding carboxylic acids is 1. The number of halogens is 1. The molecule has 0 fully saturated rings. The minimum atomic E-state index is -0.531. The van der Waals surface area contributed by atoms with E-state index in [0.29, 0.717) is 5.69 Å². The fraction of sp³-hybridized carbons (Fsp3) is 0.130. The Labute approximate surface area is 162 Å². The lowest BCUT2D eigenvalue weighted by Crippen LogP contribution is -2.13. The number of aromatic nitrogens is 2. The molecule has 0 spiro atoms. The molecule has 0 unspecified atom stereocenters. The highest BCUT2D eigenvalue weighted by Gasteiger charge is 2.11. The van der Waals surface area contributed by atoms with Gasteiger partial charge in [0.05, 0.1) is 16.6 Å². The predicted octanol–water partition coefficient (Wildman–Crippen LogP) is 5.05. The number of amides is 1. The molecule has 4 rings (SSSR count). The van der Waals surface area contributed by atoms with Crippen LogP contribution < -0.4 is 5.32 Å². The molecule has 1 aromatic heterocycles. The van der Waals surface area contributed by atoms with Gasteiger partial charge in [-0.3, -0.25) is 4.79 Å². The molecule has 0 bridgehead atoms. The van der Waals surface area contributed by atoms with Gasteiger partial charge in [0, 0.05) is 12.1 Å². The summed E-state index contributed by atoms with van der Waals surface area (Å²) in [4.78, 5) is 20.3. The first-order valence-electron chi connectivity index (χ1n) is 9.18. The Morgan fingerprint density at radius 1 is 1.04 bits per heavy atom. The zero-order chi connectivity index (χ0) is 19.5. The summed E-state index contributed by atoms with van der Waals surface area (Å²) in [6.07, 6.45) is 1.54. The van der Waals surface area contributed by atoms with E-state index in [-0.39, 0.29) is 5.56 Å². The first-order chi connectivity index (χ1) is 13.6. The van der Waals surface area contributed by atoms with Crippen LogP contribution in [0.3, 0.4) is 0 Å². The van der Waals surface area contributed by atoms with Crippen LogP contribution in [0.2, 0.25) is 0 Å². The number of imidazole rings is 1. The topological polar surface area (TPSA) is 57.8 Å². The van der Waals surface area contributed by atoms with E-state index in [1.807, 2.05) is 24.3 Å². The monoisotopic (exact) mass is 373 g/mol. The molecule has 5 heteroatoms. The Balaban J connectivity index is 1.44. The minimum absolute atomic E-state index is 0.0328. The molecule has 1 amide bonds. The minimum Gasteiger partial charge on any atom is -0.342 e. The van der Waals surface area contributed by atoms with Crippen molar-refractivity contribution in [3.8, 4) is 0 Å². The van der Waals surface area contributed by atoms with Crippen LogP contribution in [0, 0.1) is 12.7 Å². The molecule has 2 N–H and O–H groups in total. The van der Waals surface area contributed by atoms with Gasteiger partial charge in [-0.15, -0.1) is 0 Å². The van der Waals surface area contributed by atoms with Crippen molar-refractivity contribution in [3.63, 3.8) is 0 Å². The van der Waals surface area contributed by atoms with E-state index in [1.165, 1.54) is 17.7 Å². The average molecular weight is 373 g/mol. The maximum Gasteiger partial charge on any atom is 0.258 e. The number of hydrogen-bond acceptors (Lipinski definition) is 2. The summed E-state index contributed by atoms with van der Waals surface area (Å²) in [5.74, 6) is -0.0550. The molecule has 4 aromatic rings. The van der Waals surface area contributed by atoms with Crippen molar-refractivity contribution in [1.82, 2.24) is 9.97 Å². The van der Waals surface area contributed by atoms with Gasteiger partial charge in [0.25, 0.3) is 5.91 Å². The summed E-state index contributed by atoms with van der Waals surface area (Å²) >= 11 is 0. The van der Waals surface area contributed by atoms with E-state index in [9.17, 15) is 9.18 Å². The number of H-pyrrole nitrogens is 1. The smallest absolute Gasteiger partial charge is 0.258 e. The number of benzene rings is 3. The predicted molar refractivity (Wildman–Crippen MR) is 109 cm³/mol. The van der Waals surface area contributed by atoms with Gasteiger partial charge >= 0.3 is 0 Å². The number of carbonyl (C=O) groups is 1. The highest BCUT2D eigenvalue weighted by Crippen LogP contribution is 2.17. The zero-order valence-electron chi connectivity index (χ0n) is 15.5. The van der Waals surface area contributed by atoms with Crippen molar-refractivity contribution in [2.24, 2.45) is 0 Å². The third-order valence-corrected chi connectivity index (χ3v) is 4.64. The lowest BCUT2D eigenvalue weighted by Gasteiger charge is -2.08. The van der Waals surface area contributed by atoms with Crippen LogP contribution in [0.1, 0.15) is 27.3 Å². The van der Waals surface area contributed by atoms with Gasteiger partial charge in [-0.05, 0) is 60.9 Å². The number of fused-ring (bicyclic) bond motifs is 1. The van der Waals surface area contributed by atoms with E-state index in [1.54, 1.807) is 18.2 Å². The molecule has 3 aromatic carbocycles. The fourth-order valence-corrected chi connectivity index (χ4v) is 3.21. The largest absolute Gasteiger partial charge is 0.342 e. The molecular formula is C23H20FN3O. The van der Waals surface area contributed by atoms with Crippen molar-refractivity contribution in [3.05, 3.63) is 95.1 Å². The Hall–Kier alpha value is -3.47. The Bertz CT molecular complexity index is 1150. The third-order valence-electron chi connectivity index (χ3n) is 4.64. The van der Waals surface area contributed by atoms with E-state index >= 15 is 0 Å². The van der Waals surface area contributed by atoms with E-state index < -0.39 is 11.7 Å². The third kappa shape index (κ3) is 3.93. The maximum absolute atomic E-state index is 13.8. The lowest BCUT2D eigenvalue weighted by atomic mass is 10.1. The van der Waals surface area contributed by atoms with Crippen LogP contribution in [0.5, 0.6) is 0 Å². The van der Waals surface area contributed by atoms with Crippen molar-refractivity contribution in [1.29, 1.82) is 0 Å². The molecule has 4 nitrogen and oxygen atoms in total. The van der Waals surface area contributed by atoms with Gasteiger partial charge in [-0.25, -0.2) is 9.37 Å². The normalized spacial score (nSPS) is 10.9. The van der Waals surface area contributed by atoms with E-state index in [0.717, 1.165) is 35.3 Å². The van der Waals surface area contributed by atoms with Crippen molar-refractivity contribution < 1.29 is 9.18 Å². The highest BCUT2D eigenvalue weighted by molar-refractivity contribution is 6.04. The molecule has 0 saturated heterocycles. The molecule has 0 aliphatic carbocycles. The number of nitrogens with zero attached hydrogens (tertiary/aromatic N) is 1. The Morgan fingerprint density at radius 2 is 1.89 bits per heavy atom. The van der Waals surface area contributed by atoms with Crippen LogP contribution in [-0.4, -0.2) is 15.9 Å². The first-order valence-corrected chi connectivity index (χ1v) is 9.18. The molecule has 0 aliphatic rings. The number of anilines is 1. The van der Waals surface area contributed by atoms with Gasteiger partial charge in [0.2, 0.25) is 0 Å². The SMILES string of the molecule is Cc1ccc2nc(CCc3cccc(NC(=O)c4ccccc4F)c3)[nH]c2c1. The second-order valence-corrected chi connectivity index (χ2v) is 6.84. The van der Waals surface area contributed by atoms with Crippen LogP contribution in [-0.2, 0) is 12.8 Å².